The zero-order valence-electron chi connectivity index (χ0n) is 14.0. The molecule has 7 heteroatoms. The first-order valence-corrected chi connectivity index (χ1v) is 8.95. The fourth-order valence-corrected chi connectivity index (χ4v) is 3.89. The minimum absolute atomic E-state index is 0. The van der Waals surface area contributed by atoms with Crippen molar-refractivity contribution in [3.63, 3.8) is 0 Å². The van der Waals surface area contributed by atoms with Gasteiger partial charge < -0.3 is 9.32 Å². The molecule has 1 aromatic carbocycles. The van der Waals surface area contributed by atoms with Crippen LogP contribution in [0.3, 0.4) is 0 Å². The molecule has 0 saturated carbocycles. The molecule has 0 aliphatic carbocycles. The Morgan fingerprint density at radius 2 is 2.08 bits per heavy atom. The van der Waals surface area contributed by atoms with E-state index in [9.17, 15) is 0 Å². The molecule has 3 heterocycles. The average Bonchev–Trinajstić information content (AvgIpc) is 3.05. The molecular weight excluding hydrogens is 381 g/mol. The van der Waals surface area contributed by atoms with Gasteiger partial charge in [0.05, 0.1) is 11.2 Å². The lowest BCUT2D eigenvalue weighted by molar-refractivity contribution is 0.331. The lowest BCUT2D eigenvalue weighted by atomic mass is 10.0. The predicted octanol–water partition coefficient (Wildman–Crippen LogP) is 4.98. The third-order valence-electron chi connectivity index (χ3n) is 4.65. The van der Waals surface area contributed by atoms with Crippen molar-refractivity contribution in [3.05, 3.63) is 51.5 Å². The zero-order chi connectivity index (χ0) is 16.7. The number of aromatic nitrogens is 2. The molecule has 0 N–H and O–H groups in total. The van der Waals surface area contributed by atoms with Gasteiger partial charge in [-0.3, -0.25) is 4.68 Å². The molecule has 0 radical (unpaired) electrons. The molecule has 25 heavy (non-hydrogen) atoms. The summed E-state index contributed by atoms with van der Waals surface area (Å²) in [7, 11) is 2.15. The lowest BCUT2D eigenvalue weighted by Gasteiger charge is -2.13. The summed E-state index contributed by atoms with van der Waals surface area (Å²) in [6.45, 7) is 2.74. The minimum Gasteiger partial charge on any atom is -0.461 e. The quantitative estimate of drug-likeness (QED) is 0.619. The van der Waals surface area contributed by atoms with Crippen molar-refractivity contribution in [2.75, 3.05) is 13.6 Å². The number of benzene rings is 1. The normalized spacial score (nSPS) is 14.5. The molecule has 1 aliphatic rings. The van der Waals surface area contributed by atoms with Gasteiger partial charge in [-0.05, 0) is 37.6 Å². The van der Waals surface area contributed by atoms with E-state index in [0.717, 1.165) is 55.3 Å². The summed E-state index contributed by atoms with van der Waals surface area (Å²) >= 11 is 12.4. The number of halogens is 3. The Morgan fingerprint density at radius 3 is 2.84 bits per heavy atom. The van der Waals surface area contributed by atoms with Gasteiger partial charge in [0, 0.05) is 48.2 Å². The highest BCUT2D eigenvalue weighted by atomic mass is 35.5. The number of rotatable bonds is 4. The Balaban J connectivity index is 0.00000182. The molecule has 2 aromatic heterocycles. The van der Waals surface area contributed by atoms with Gasteiger partial charge in [-0.25, -0.2) is 0 Å². The molecule has 4 rings (SSSR count). The maximum atomic E-state index is 6.44. The molecule has 3 aromatic rings. The Kier molecular flexibility index (Phi) is 5.64. The highest BCUT2D eigenvalue weighted by molar-refractivity contribution is 6.32. The largest absolute Gasteiger partial charge is 0.461 e. The summed E-state index contributed by atoms with van der Waals surface area (Å²) in [5.74, 6) is 1.07. The maximum Gasteiger partial charge on any atom is 0.135 e. The summed E-state index contributed by atoms with van der Waals surface area (Å²) in [5, 5.41) is 6.97. The number of likely N-dealkylation sites (N-methyl/N-ethyl adjacent to an activating group) is 1. The molecular formula is C18H20Cl3N3O. The Hall–Kier alpha value is -1.20. The van der Waals surface area contributed by atoms with E-state index in [1.807, 2.05) is 23.0 Å². The van der Waals surface area contributed by atoms with Crippen LogP contribution in [0.5, 0.6) is 0 Å². The zero-order valence-corrected chi connectivity index (χ0v) is 16.3. The van der Waals surface area contributed by atoms with E-state index in [-0.39, 0.29) is 12.4 Å². The van der Waals surface area contributed by atoms with Crippen molar-refractivity contribution in [1.29, 1.82) is 0 Å². The highest BCUT2D eigenvalue weighted by Gasteiger charge is 2.23. The van der Waals surface area contributed by atoms with Crippen LogP contribution in [0.15, 0.2) is 28.9 Å². The van der Waals surface area contributed by atoms with Gasteiger partial charge in [-0.2, -0.15) is 5.10 Å². The second-order valence-corrected chi connectivity index (χ2v) is 7.26. The summed E-state index contributed by atoms with van der Waals surface area (Å²) < 4.78 is 8.04. The predicted molar refractivity (Wildman–Crippen MR) is 104 cm³/mol. The van der Waals surface area contributed by atoms with E-state index in [4.69, 9.17) is 27.6 Å². The maximum absolute atomic E-state index is 6.44. The standard InChI is InChI=1S/C18H19Cl2N3O.ClH/c1-22-8-6-13-15(20)4-5-17-18(13)14(11-22)16(24-17)3-2-7-23-10-12(19)9-21-23;/h4-5,9-10H,2-3,6-8,11H2,1H3;1H. The number of hydrogen-bond donors (Lipinski definition) is 0. The Labute approximate surface area is 163 Å². The molecule has 134 valence electrons. The summed E-state index contributed by atoms with van der Waals surface area (Å²) in [5.41, 5.74) is 3.47. The number of hydrogen-bond acceptors (Lipinski definition) is 3. The fourth-order valence-electron chi connectivity index (χ4n) is 3.48. The van der Waals surface area contributed by atoms with Gasteiger partial charge in [0.1, 0.15) is 11.3 Å². The van der Waals surface area contributed by atoms with Crippen LogP contribution in [-0.4, -0.2) is 28.3 Å². The Morgan fingerprint density at radius 1 is 1.24 bits per heavy atom. The second kappa shape index (κ2) is 7.58. The monoisotopic (exact) mass is 399 g/mol. The van der Waals surface area contributed by atoms with E-state index < -0.39 is 0 Å². The van der Waals surface area contributed by atoms with Crippen LogP contribution in [0.25, 0.3) is 11.0 Å². The third-order valence-corrected chi connectivity index (χ3v) is 5.20. The molecule has 1 aliphatic heterocycles. The van der Waals surface area contributed by atoms with E-state index in [2.05, 4.69) is 17.0 Å². The van der Waals surface area contributed by atoms with Gasteiger partial charge in [-0.15, -0.1) is 12.4 Å². The van der Waals surface area contributed by atoms with Gasteiger partial charge in [-0.1, -0.05) is 23.2 Å². The van der Waals surface area contributed by atoms with Gasteiger partial charge in [0.2, 0.25) is 0 Å². The van der Waals surface area contributed by atoms with Crippen molar-refractivity contribution in [2.24, 2.45) is 0 Å². The molecule has 0 spiro atoms. The fraction of sp³-hybridized carbons (Fsp3) is 0.389. The van der Waals surface area contributed by atoms with Crippen molar-refractivity contribution < 1.29 is 4.42 Å². The average molecular weight is 401 g/mol. The van der Waals surface area contributed by atoms with Crippen molar-refractivity contribution in [2.45, 2.75) is 32.4 Å². The number of aryl methyl sites for hydroxylation is 2. The highest BCUT2D eigenvalue weighted by Crippen LogP contribution is 2.36. The summed E-state index contributed by atoms with van der Waals surface area (Å²) in [6, 6.07) is 3.94. The van der Waals surface area contributed by atoms with Crippen LogP contribution in [0.2, 0.25) is 10.0 Å². The van der Waals surface area contributed by atoms with Crippen molar-refractivity contribution in [3.8, 4) is 0 Å². The van der Waals surface area contributed by atoms with Crippen LogP contribution in [0, 0.1) is 0 Å². The first-order chi connectivity index (χ1) is 11.6. The Bertz CT molecular complexity index is 887. The van der Waals surface area contributed by atoms with E-state index in [1.54, 1.807) is 6.20 Å². The number of furan rings is 1. The van der Waals surface area contributed by atoms with Crippen LogP contribution >= 0.6 is 35.6 Å². The summed E-state index contributed by atoms with van der Waals surface area (Å²) in [4.78, 5) is 2.33. The van der Waals surface area contributed by atoms with Crippen molar-refractivity contribution >= 4 is 46.6 Å². The van der Waals surface area contributed by atoms with Crippen LogP contribution in [0.4, 0.5) is 0 Å². The molecule has 4 nitrogen and oxygen atoms in total. The van der Waals surface area contributed by atoms with Crippen LogP contribution < -0.4 is 0 Å². The first kappa shape index (κ1) is 18.6. The molecule has 0 fully saturated rings. The van der Waals surface area contributed by atoms with E-state index in [1.165, 1.54) is 16.5 Å². The lowest BCUT2D eigenvalue weighted by Crippen LogP contribution is -2.19. The molecule has 0 unspecified atom stereocenters. The SMILES string of the molecule is CN1CCc2c(Cl)ccc3oc(CCCn4cc(Cl)cn4)c(c23)C1.Cl. The molecule has 0 bridgehead atoms. The topological polar surface area (TPSA) is 34.2 Å². The van der Waals surface area contributed by atoms with Crippen LogP contribution in [0.1, 0.15) is 23.3 Å². The van der Waals surface area contributed by atoms with Crippen molar-refractivity contribution in [1.82, 2.24) is 14.7 Å². The smallest absolute Gasteiger partial charge is 0.135 e. The molecule has 0 saturated heterocycles. The van der Waals surface area contributed by atoms with Gasteiger partial charge in [0.15, 0.2) is 0 Å². The minimum atomic E-state index is 0. The van der Waals surface area contributed by atoms with Gasteiger partial charge >= 0.3 is 0 Å². The second-order valence-electron chi connectivity index (χ2n) is 6.42. The van der Waals surface area contributed by atoms with Gasteiger partial charge in [0.25, 0.3) is 0 Å². The molecule has 0 amide bonds. The van der Waals surface area contributed by atoms with E-state index >= 15 is 0 Å². The third kappa shape index (κ3) is 3.68. The van der Waals surface area contributed by atoms with Crippen LogP contribution in [-0.2, 0) is 25.9 Å². The van der Waals surface area contributed by atoms with E-state index in [0.29, 0.717) is 5.02 Å². The first-order valence-electron chi connectivity index (χ1n) is 8.20. The molecule has 0 atom stereocenters. The summed E-state index contributed by atoms with van der Waals surface area (Å²) in [6.07, 6.45) is 6.31. The number of nitrogens with zero attached hydrogens (tertiary/aromatic N) is 3.